The van der Waals surface area contributed by atoms with Gasteiger partial charge in [0.25, 0.3) is 0 Å². The largest absolute Gasteiger partial charge is 0.367 e. The van der Waals surface area contributed by atoms with Crippen LogP contribution in [-0.2, 0) is 11.3 Å². The summed E-state index contributed by atoms with van der Waals surface area (Å²) in [6.45, 7) is 8.65. The SMILES string of the molecule is CC(C)(C)NCc1ccc(N2CCNC(=O)CC2)c(F)c1. The Morgan fingerprint density at radius 1 is 1.33 bits per heavy atom. The molecule has 0 radical (unpaired) electrons. The highest BCUT2D eigenvalue weighted by atomic mass is 19.1. The zero-order valence-corrected chi connectivity index (χ0v) is 13.0. The molecule has 1 aliphatic heterocycles. The van der Waals surface area contributed by atoms with Gasteiger partial charge in [0.05, 0.1) is 5.69 Å². The van der Waals surface area contributed by atoms with Gasteiger partial charge in [-0.15, -0.1) is 0 Å². The molecule has 0 bridgehead atoms. The van der Waals surface area contributed by atoms with Crippen molar-refractivity contribution in [3.63, 3.8) is 0 Å². The highest BCUT2D eigenvalue weighted by Crippen LogP contribution is 2.21. The average Bonchev–Trinajstić information content (AvgIpc) is 2.61. The van der Waals surface area contributed by atoms with Gasteiger partial charge in [-0.05, 0) is 38.5 Å². The summed E-state index contributed by atoms with van der Waals surface area (Å²) in [5.41, 5.74) is 1.51. The van der Waals surface area contributed by atoms with Gasteiger partial charge in [0.2, 0.25) is 5.91 Å². The molecule has 0 unspecified atom stereocenters. The molecular formula is C16H24FN3O. The molecule has 21 heavy (non-hydrogen) atoms. The van der Waals surface area contributed by atoms with Crippen molar-refractivity contribution in [3.05, 3.63) is 29.6 Å². The molecule has 0 aliphatic carbocycles. The van der Waals surface area contributed by atoms with Gasteiger partial charge in [0, 0.05) is 38.1 Å². The Bertz CT molecular complexity index is 511. The first kappa shape index (κ1) is 15.8. The van der Waals surface area contributed by atoms with Crippen LogP contribution in [0.15, 0.2) is 18.2 Å². The minimum absolute atomic E-state index is 0.00592. The molecule has 2 N–H and O–H groups in total. The number of hydrogen-bond acceptors (Lipinski definition) is 3. The first-order valence-electron chi connectivity index (χ1n) is 7.40. The highest BCUT2D eigenvalue weighted by Gasteiger charge is 2.17. The topological polar surface area (TPSA) is 44.4 Å². The van der Waals surface area contributed by atoms with E-state index in [1.54, 1.807) is 6.07 Å². The average molecular weight is 293 g/mol. The molecule has 1 fully saturated rings. The van der Waals surface area contributed by atoms with E-state index in [4.69, 9.17) is 0 Å². The van der Waals surface area contributed by atoms with Crippen LogP contribution < -0.4 is 15.5 Å². The molecule has 1 aromatic carbocycles. The molecule has 2 rings (SSSR count). The second kappa shape index (κ2) is 6.43. The maximum atomic E-state index is 14.3. The number of amides is 1. The van der Waals surface area contributed by atoms with Crippen LogP contribution in [0.4, 0.5) is 10.1 Å². The van der Waals surface area contributed by atoms with E-state index in [2.05, 4.69) is 31.4 Å². The predicted molar refractivity (Wildman–Crippen MR) is 82.8 cm³/mol. The Labute approximate surface area is 125 Å². The van der Waals surface area contributed by atoms with E-state index in [0.717, 1.165) is 5.56 Å². The number of nitrogens with one attached hydrogen (secondary N) is 2. The second-order valence-corrected chi connectivity index (χ2v) is 6.48. The fraction of sp³-hybridized carbons (Fsp3) is 0.562. The van der Waals surface area contributed by atoms with Gasteiger partial charge in [0.1, 0.15) is 5.82 Å². The number of carbonyl (C=O) groups excluding carboxylic acids is 1. The minimum Gasteiger partial charge on any atom is -0.367 e. The third kappa shape index (κ3) is 4.70. The monoisotopic (exact) mass is 293 g/mol. The van der Waals surface area contributed by atoms with Crippen LogP contribution >= 0.6 is 0 Å². The Balaban J connectivity index is 2.06. The van der Waals surface area contributed by atoms with Gasteiger partial charge < -0.3 is 15.5 Å². The summed E-state index contributed by atoms with van der Waals surface area (Å²) in [5, 5.41) is 6.14. The minimum atomic E-state index is -0.224. The third-order valence-electron chi connectivity index (χ3n) is 3.49. The smallest absolute Gasteiger partial charge is 0.221 e. The lowest BCUT2D eigenvalue weighted by atomic mass is 10.1. The molecule has 0 spiro atoms. The van der Waals surface area contributed by atoms with Crippen LogP contribution in [0.3, 0.4) is 0 Å². The van der Waals surface area contributed by atoms with Crippen molar-refractivity contribution in [1.82, 2.24) is 10.6 Å². The van der Waals surface area contributed by atoms with Crippen LogP contribution in [0.25, 0.3) is 0 Å². The number of benzene rings is 1. The molecule has 116 valence electrons. The van der Waals surface area contributed by atoms with Crippen molar-refractivity contribution in [1.29, 1.82) is 0 Å². The molecule has 5 heteroatoms. The van der Waals surface area contributed by atoms with Gasteiger partial charge in [-0.1, -0.05) is 6.07 Å². The van der Waals surface area contributed by atoms with Gasteiger partial charge >= 0.3 is 0 Å². The van der Waals surface area contributed by atoms with Crippen LogP contribution in [0.1, 0.15) is 32.8 Å². The molecule has 1 heterocycles. The summed E-state index contributed by atoms with van der Waals surface area (Å²) < 4.78 is 14.3. The lowest BCUT2D eigenvalue weighted by Gasteiger charge is -2.24. The van der Waals surface area contributed by atoms with Crippen molar-refractivity contribution < 1.29 is 9.18 Å². The van der Waals surface area contributed by atoms with Gasteiger partial charge in [-0.2, -0.15) is 0 Å². The second-order valence-electron chi connectivity index (χ2n) is 6.48. The molecule has 1 aromatic rings. The Kier molecular flexibility index (Phi) is 4.83. The van der Waals surface area contributed by atoms with Crippen LogP contribution in [0.5, 0.6) is 0 Å². The lowest BCUT2D eigenvalue weighted by molar-refractivity contribution is -0.120. The summed E-state index contributed by atoms with van der Waals surface area (Å²) in [6.07, 6.45) is 0.409. The Morgan fingerprint density at radius 3 is 2.76 bits per heavy atom. The first-order valence-corrected chi connectivity index (χ1v) is 7.40. The molecule has 0 saturated carbocycles. The number of hydrogen-bond donors (Lipinski definition) is 2. The zero-order chi connectivity index (χ0) is 15.5. The third-order valence-corrected chi connectivity index (χ3v) is 3.49. The summed E-state index contributed by atoms with van der Waals surface area (Å²) in [6, 6.07) is 5.33. The van der Waals surface area contributed by atoms with E-state index in [9.17, 15) is 9.18 Å². The molecule has 1 amide bonds. The maximum absolute atomic E-state index is 14.3. The van der Waals surface area contributed by atoms with Gasteiger partial charge in [-0.3, -0.25) is 4.79 Å². The van der Waals surface area contributed by atoms with E-state index >= 15 is 0 Å². The normalized spacial score (nSPS) is 16.6. The number of halogens is 1. The van der Waals surface area contributed by atoms with Crippen LogP contribution in [0.2, 0.25) is 0 Å². The standard InChI is InChI=1S/C16H24FN3O/c1-16(2,3)19-11-12-4-5-14(13(17)10-12)20-8-6-15(21)18-7-9-20/h4-5,10,19H,6-9,11H2,1-3H3,(H,18,21). The van der Waals surface area contributed by atoms with Crippen molar-refractivity contribution in [2.24, 2.45) is 0 Å². The quantitative estimate of drug-likeness (QED) is 0.896. The number of anilines is 1. The lowest BCUT2D eigenvalue weighted by Crippen LogP contribution is -2.35. The van der Waals surface area contributed by atoms with Crippen LogP contribution in [0, 0.1) is 5.82 Å². The summed E-state index contributed by atoms with van der Waals surface area (Å²) in [7, 11) is 0. The zero-order valence-electron chi connectivity index (χ0n) is 13.0. The van der Waals surface area contributed by atoms with E-state index in [1.165, 1.54) is 0 Å². The summed E-state index contributed by atoms with van der Waals surface area (Å²) in [4.78, 5) is 13.3. The van der Waals surface area contributed by atoms with E-state index in [1.807, 2.05) is 17.0 Å². The fourth-order valence-electron chi connectivity index (χ4n) is 2.29. The van der Waals surface area contributed by atoms with Crippen molar-refractivity contribution in [2.75, 3.05) is 24.5 Å². The molecule has 0 atom stereocenters. The summed E-state index contributed by atoms with van der Waals surface area (Å²) >= 11 is 0. The molecule has 4 nitrogen and oxygen atoms in total. The van der Waals surface area contributed by atoms with Crippen molar-refractivity contribution >= 4 is 11.6 Å². The molecule has 1 saturated heterocycles. The van der Waals surface area contributed by atoms with Gasteiger partial charge in [0.15, 0.2) is 0 Å². The first-order chi connectivity index (χ1) is 9.85. The predicted octanol–water partition coefficient (Wildman–Crippen LogP) is 2.04. The van der Waals surface area contributed by atoms with E-state index < -0.39 is 0 Å². The Hall–Kier alpha value is -1.62. The highest BCUT2D eigenvalue weighted by molar-refractivity contribution is 5.77. The van der Waals surface area contributed by atoms with Crippen molar-refractivity contribution in [3.8, 4) is 0 Å². The summed E-state index contributed by atoms with van der Waals surface area (Å²) in [5.74, 6) is -0.193. The number of nitrogens with zero attached hydrogens (tertiary/aromatic N) is 1. The fourth-order valence-corrected chi connectivity index (χ4v) is 2.29. The van der Waals surface area contributed by atoms with E-state index in [0.29, 0.717) is 38.3 Å². The molecule has 0 aromatic heterocycles. The number of rotatable bonds is 3. The van der Waals surface area contributed by atoms with Gasteiger partial charge in [-0.25, -0.2) is 4.39 Å². The molecule has 1 aliphatic rings. The maximum Gasteiger partial charge on any atom is 0.221 e. The van der Waals surface area contributed by atoms with Crippen molar-refractivity contribution in [2.45, 2.75) is 39.3 Å². The number of carbonyl (C=O) groups is 1. The molecular weight excluding hydrogens is 269 g/mol. The Morgan fingerprint density at radius 2 is 2.10 bits per heavy atom. The van der Waals surface area contributed by atoms with Crippen LogP contribution in [-0.4, -0.2) is 31.1 Å². The van der Waals surface area contributed by atoms with E-state index in [-0.39, 0.29) is 17.3 Å².